The Morgan fingerprint density at radius 2 is 2.30 bits per heavy atom. The summed E-state index contributed by atoms with van der Waals surface area (Å²) in [6, 6.07) is 5.19. The number of furan rings is 1. The number of nitrogens with one attached hydrogen (secondary N) is 1. The van der Waals surface area contributed by atoms with E-state index in [1.165, 1.54) is 0 Å². The van der Waals surface area contributed by atoms with Crippen LogP contribution in [0.2, 0.25) is 0 Å². The van der Waals surface area contributed by atoms with Crippen LogP contribution in [0.25, 0.3) is 0 Å². The van der Waals surface area contributed by atoms with Gasteiger partial charge in [0.15, 0.2) is 5.76 Å². The fourth-order valence-corrected chi connectivity index (χ4v) is 1.66. The van der Waals surface area contributed by atoms with Gasteiger partial charge in [0.25, 0.3) is 5.91 Å². The molecule has 6 nitrogen and oxygen atoms in total. The minimum absolute atomic E-state index is 0.0993. The number of carbonyl (C=O) groups is 1. The fourth-order valence-electron chi connectivity index (χ4n) is 1.66. The van der Waals surface area contributed by atoms with E-state index in [-0.39, 0.29) is 24.1 Å². The smallest absolute Gasteiger partial charge is 0.287 e. The molecule has 0 spiro atoms. The number of nitrogens with zero attached hydrogens (tertiary/aromatic N) is 2. The van der Waals surface area contributed by atoms with E-state index >= 15 is 0 Å². The van der Waals surface area contributed by atoms with E-state index in [1.807, 2.05) is 26.1 Å². The van der Waals surface area contributed by atoms with Gasteiger partial charge in [0.2, 0.25) is 0 Å². The van der Waals surface area contributed by atoms with Crippen molar-refractivity contribution in [2.24, 2.45) is 5.92 Å². The topological polar surface area (TPSA) is 80.3 Å². The minimum Gasteiger partial charge on any atom is -0.454 e. The number of hydrogen-bond acceptors (Lipinski definition) is 4. The molecular formula is C14H19N3O3. The van der Waals surface area contributed by atoms with Crippen molar-refractivity contribution < 1.29 is 14.3 Å². The van der Waals surface area contributed by atoms with Crippen LogP contribution in [0.3, 0.4) is 0 Å². The van der Waals surface area contributed by atoms with Crippen LogP contribution in [0.15, 0.2) is 35.0 Å². The molecule has 1 amide bonds. The maximum atomic E-state index is 11.8. The highest BCUT2D eigenvalue weighted by molar-refractivity contribution is 5.91. The van der Waals surface area contributed by atoms with Crippen LogP contribution < -0.4 is 5.32 Å². The maximum Gasteiger partial charge on any atom is 0.287 e. The number of aliphatic hydroxyl groups is 1. The highest BCUT2D eigenvalue weighted by atomic mass is 16.4. The van der Waals surface area contributed by atoms with Crippen LogP contribution in [-0.2, 0) is 6.54 Å². The monoisotopic (exact) mass is 277 g/mol. The van der Waals surface area contributed by atoms with Crippen LogP contribution in [-0.4, -0.2) is 33.4 Å². The predicted octanol–water partition coefficient (Wildman–Crippen LogP) is 1.27. The Kier molecular flexibility index (Phi) is 4.57. The van der Waals surface area contributed by atoms with E-state index < -0.39 is 6.10 Å². The largest absolute Gasteiger partial charge is 0.454 e. The Labute approximate surface area is 117 Å². The lowest BCUT2D eigenvalue weighted by Crippen LogP contribution is -2.34. The first-order valence-electron chi connectivity index (χ1n) is 6.58. The van der Waals surface area contributed by atoms with Gasteiger partial charge in [-0.2, -0.15) is 5.10 Å². The van der Waals surface area contributed by atoms with Gasteiger partial charge >= 0.3 is 0 Å². The zero-order valence-corrected chi connectivity index (χ0v) is 11.6. The molecule has 2 rings (SSSR count). The van der Waals surface area contributed by atoms with Crippen molar-refractivity contribution in [3.8, 4) is 0 Å². The lowest BCUT2D eigenvalue weighted by Gasteiger charge is -2.14. The lowest BCUT2D eigenvalue weighted by molar-refractivity contribution is 0.0845. The summed E-state index contributed by atoms with van der Waals surface area (Å²) in [7, 11) is 0. The first kappa shape index (κ1) is 14.3. The molecule has 20 heavy (non-hydrogen) atoms. The van der Waals surface area contributed by atoms with Gasteiger partial charge in [0, 0.05) is 18.9 Å². The van der Waals surface area contributed by atoms with Crippen molar-refractivity contribution in [2.45, 2.75) is 26.5 Å². The molecular weight excluding hydrogens is 258 g/mol. The van der Waals surface area contributed by atoms with Crippen molar-refractivity contribution in [3.63, 3.8) is 0 Å². The molecule has 0 saturated heterocycles. The van der Waals surface area contributed by atoms with Crippen molar-refractivity contribution in [2.75, 3.05) is 6.54 Å². The van der Waals surface area contributed by atoms with Crippen LogP contribution in [0.1, 0.15) is 30.2 Å². The summed E-state index contributed by atoms with van der Waals surface area (Å²) in [5, 5.41) is 16.4. The molecule has 0 aliphatic carbocycles. The van der Waals surface area contributed by atoms with E-state index in [9.17, 15) is 9.90 Å². The summed E-state index contributed by atoms with van der Waals surface area (Å²) in [5.74, 6) is 0.671. The molecule has 0 fully saturated rings. The highest BCUT2D eigenvalue weighted by Gasteiger charge is 2.14. The molecule has 2 aromatic heterocycles. The van der Waals surface area contributed by atoms with E-state index in [0.717, 1.165) is 0 Å². The van der Waals surface area contributed by atoms with Crippen molar-refractivity contribution in [1.29, 1.82) is 0 Å². The van der Waals surface area contributed by atoms with Gasteiger partial charge in [-0.15, -0.1) is 0 Å². The standard InChI is InChI=1S/C14H19N3O3/c1-10(2)12(18)8-15-14(19)13-5-4-11(20-13)9-17-7-3-6-16-17/h3-7,10,12,18H,8-9H2,1-2H3,(H,15,19). The highest BCUT2D eigenvalue weighted by Crippen LogP contribution is 2.09. The molecule has 0 bridgehead atoms. The Bertz CT molecular complexity index is 546. The Morgan fingerprint density at radius 3 is 2.95 bits per heavy atom. The third-order valence-corrected chi connectivity index (χ3v) is 3.00. The molecule has 0 radical (unpaired) electrons. The Balaban J connectivity index is 1.89. The van der Waals surface area contributed by atoms with E-state index in [0.29, 0.717) is 12.3 Å². The molecule has 1 atom stereocenters. The molecule has 6 heteroatoms. The Morgan fingerprint density at radius 1 is 1.50 bits per heavy atom. The van der Waals surface area contributed by atoms with Crippen molar-refractivity contribution in [3.05, 3.63) is 42.1 Å². The van der Waals surface area contributed by atoms with Crippen LogP contribution >= 0.6 is 0 Å². The van der Waals surface area contributed by atoms with Gasteiger partial charge < -0.3 is 14.8 Å². The average Bonchev–Trinajstić information content (AvgIpc) is 3.07. The predicted molar refractivity (Wildman–Crippen MR) is 73.2 cm³/mol. The number of carbonyl (C=O) groups excluding carboxylic acids is 1. The number of amides is 1. The third-order valence-electron chi connectivity index (χ3n) is 3.00. The summed E-state index contributed by atoms with van der Waals surface area (Å²) in [4.78, 5) is 11.8. The van der Waals surface area contributed by atoms with E-state index in [4.69, 9.17) is 4.42 Å². The lowest BCUT2D eigenvalue weighted by atomic mass is 10.1. The van der Waals surface area contributed by atoms with Gasteiger partial charge in [-0.25, -0.2) is 0 Å². The zero-order chi connectivity index (χ0) is 14.5. The van der Waals surface area contributed by atoms with Crippen LogP contribution in [0.4, 0.5) is 0 Å². The second kappa shape index (κ2) is 6.38. The molecule has 0 saturated carbocycles. The summed E-state index contributed by atoms with van der Waals surface area (Å²) in [6.45, 7) is 4.48. The SMILES string of the molecule is CC(C)C(O)CNC(=O)c1ccc(Cn2cccn2)o1. The van der Waals surface area contributed by atoms with Gasteiger partial charge in [-0.1, -0.05) is 13.8 Å². The van der Waals surface area contributed by atoms with Crippen LogP contribution in [0, 0.1) is 5.92 Å². The number of aliphatic hydroxyl groups excluding tert-OH is 1. The molecule has 2 N–H and O–H groups in total. The van der Waals surface area contributed by atoms with Gasteiger partial charge in [-0.05, 0) is 24.1 Å². The molecule has 0 aliphatic heterocycles. The van der Waals surface area contributed by atoms with Gasteiger partial charge in [0.1, 0.15) is 5.76 Å². The first-order chi connectivity index (χ1) is 9.56. The quantitative estimate of drug-likeness (QED) is 0.833. The molecule has 0 aromatic carbocycles. The molecule has 2 aromatic rings. The van der Waals surface area contributed by atoms with Crippen molar-refractivity contribution in [1.82, 2.24) is 15.1 Å². The van der Waals surface area contributed by atoms with Gasteiger partial charge in [0.05, 0.1) is 12.6 Å². The number of aromatic nitrogens is 2. The third kappa shape index (κ3) is 3.71. The normalized spacial score (nSPS) is 12.6. The Hall–Kier alpha value is -2.08. The van der Waals surface area contributed by atoms with E-state index in [1.54, 1.807) is 23.0 Å². The first-order valence-corrected chi connectivity index (χ1v) is 6.58. The van der Waals surface area contributed by atoms with Gasteiger partial charge in [-0.3, -0.25) is 9.48 Å². The molecule has 2 heterocycles. The average molecular weight is 277 g/mol. The maximum absolute atomic E-state index is 11.8. The van der Waals surface area contributed by atoms with Crippen LogP contribution in [0.5, 0.6) is 0 Å². The molecule has 1 unspecified atom stereocenters. The summed E-state index contributed by atoms with van der Waals surface area (Å²) >= 11 is 0. The number of rotatable bonds is 6. The molecule has 108 valence electrons. The molecule has 0 aliphatic rings. The van der Waals surface area contributed by atoms with Crippen molar-refractivity contribution >= 4 is 5.91 Å². The summed E-state index contributed by atoms with van der Waals surface area (Å²) < 4.78 is 7.17. The summed E-state index contributed by atoms with van der Waals surface area (Å²) in [6.07, 6.45) is 2.95. The second-order valence-electron chi connectivity index (χ2n) is 4.99. The number of hydrogen-bond donors (Lipinski definition) is 2. The second-order valence-corrected chi connectivity index (χ2v) is 4.99. The summed E-state index contributed by atoms with van der Waals surface area (Å²) in [5.41, 5.74) is 0. The zero-order valence-electron chi connectivity index (χ0n) is 11.6. The minimum atomic E-state index is -0.558. The fraction of sp³-hybridized carbons (Fsp3) is 0.429. The van der Waals surface area contributed by atoms with E-state index in [2.05, 4.69) is 10.4 Å².